The van der Waals surface area contributed by atoms with Crippen LogP contribution in [0.2, 0.25) is 0 Å². The number of nitrogens with two attached hydrogens (primary N) is 1. The summed E-state index contributed by atoms with van der Waals surface area (Å²) >= 11 is 0. The van der Waals surface area contributed by atoms with E-state index in [2.05, 4.69) is 15.6 Å². The number of nitrogens with zero attached hydrogens (tertiary/aromatic N) is 1. The van der Waals surface area contributed by atoms with E-state index in [9.17, 15) is 4.79 Å². The van der Waals surface area contributed by atoms with Gasteiger partial charge in [-0.25, -0.2) is 4.99 Å². The first-order chi connectivity index (χ1) is 6.70. The first-order valence-corrected chi connectivity index (χ1v) is 4.25. The number of hydrogen-bond donors (Lipinski definition) is 5. The van der Waals surface area contributed by atoms with Gasteiger partial charge < -0.3 is 26.6 Å². The van der Waals surface area contributed by atoms with Gasteiger partial charge in [-0.2, -0.15) is 0 Å². The highest BCUT2D eigenvalue weighted by Crippen LogP contribution is 1.73. The summed E-state index contributed by atoms with van der Waals surface area (Å²) in [5, 5.41) is 22.4. The number of aliphatic hydroxyl groups excluding tert-OH is 1. The van der Waals surface area contributed by atoms with Crippen molar-refractivity contribution in [2.45, 2.75) is 0 Å². The van der Waals surface area contributed by atoms with E-state index in [1.807, 2.05) is 0 Å². The van der Waals surface area contributed by atoms with Crippen molar-refractivity contribution in [1.82, 2.24) is 10.6 Å². The van der Waals surface area contributed by atoms with Crippen LogP contribution >= 0.6 is 0 Å². The lowest BCUT2D eigenvalue weighted by molar-refractivity contribution is -0.135. The van der Waals surface area contributed by atoms with Crippen LogP contribution in [0, 0.1) is 0 Å². The van der Waals surface area contributed by atoms with Crippen LogP contribution in [0.25, 0.3) is 0 Å². The van der Waals surface area contributed by atoms with Gasteiger partial charge in [-0.15, -0.1) is 0 Å². The smallest absolute Gasteiger partial charge is 0.325 e. The Morgan fingerprint density at radius 3 is 2.50 bits per heavy atom. The number of nitrogens with one attached hydrogen (secondary N) is 2. The zero-order chi connectivity index (χ0) is 10.8. The molecule has 0 atom stereocenters. The lowest BCUT2D eigenvalue weighted by atomic mass is 10.6. The molecule has 0 aliphatic heterocycles. The van der Waals surface area contributed by atoms with Crippen molar-refractivity contribution < 1.29 is 15.0 Å². The molecule has 6 N–H and O–H groups in total. The second-order valence-corrected chi connectivity index (χ2v) is 2.42. The highest BCUT2D eigenvalue weighted by Gasteiger charge is 1.98. The fraction of sp³-hybridized carbons (Fsp3) is 0.714. The minimum absolute atomic E-state index is 0.0452. The molecule has 7 nitrogen and oxygen atoms in total. The second-order valence-electron chi connectivity index (χ2n) is 2.42. The Hall–Kier alpha value is -1.34. The molecule has 0 unspecified atom stereocenters. The molecular weight excluding hydrogens is 188 g/mol. The van der Waals surface area contributed by atoms with Crippen molar-refractivity contribution in [2.24, 2.45) is 10.7 Å². The number of carbonyl (C=O) groups is 1. The van der Waals surface area contributed by atoms with Crippen molar-refractivity contribution in [3.63, 3.8) is 0 Å². The normalized spacial score (nSPS) is 11.1. The number of aliphatic imine (C=N–C) groups is 1. The number of aliphatic carboxylic acids is 1. The van der Waals surface area contributed by atoms with Gasteiger partial charge in [-0.1, -0.05) is 0 Å². The molecule has 0 heterocycles. The average Bonchev–Trinajstić information content (AvgIpc) is 2.16. The van der Waals surface area contributed by atoms with Gasteiger partial charge in [0.25, 0.3) is 0 Å². The molecule has 0 saturated heterocycles. The lowest BCUT2D eigenvalue weighted by Gasteiger charge is -2.09. The fourth-order valence-corrected chi connectivity index (χ4v) is 0.686. The van der Waals surface area contributed by atoms with Gasteiger partial charge in [0.05, 0.1) is 6.61 Å². The Kier molecular flexibility index (Phi) is 7.48. The molecule has 0 spiro atoms. The monoisotopic (exact) mass is 204 g/mol. The van der Waals surface area contributed by atoms with E-state index < -0.39 is 5.97 Å². The molecule has 0 aromatic heterocycles. The Bertz CT molecular complexity index is 185. The average molecular weight is 204 g/mol. The summed E-state index contributed by atoms with van der Waals surface area (Å²) in [6, 6.07) is 0. The summed E-state index contributed by atoms with van der Waals surface area (Å²) in [6.07, 6.45) is 0. The summed E-state index contributed by atoms with van der Waals surface area (Å²) in [7, 11) is 0. The van der Waals surface area contributed by atoms with E-state index in [0.717, 1.165) is 0 Å². The number of aliphatic hydroxyl groups is 1. The number of rotatable bonds is 6. The maximum atomic E-state index is 10.2. The molecule has 0 bridgehead atoms. The van der Waals surface area contributed by atoms with Crippen LogP contribution < -0.4 is 16.4 Å². The fourth-order valence-electron chi connectivity index (χ4n) is 0.686. The highest BCUT2D eigenvalue weighted by atomic mass is 16.4. The Morgan fingerprint density at radius 1 is 1.36 bits per heavy atom. The second kappa shape index (κ2) is 8.27. The van der Waals surface area contributed by atoms with Crippen molar-refractivity contribution in [3.05, 3.63) is 0 Å². The molecule has 0 aliphatic carbocycles. The Balaban J connectivity index is 3.94. The molecule has 0 aromatic rings. The SMILES string of the molecule is NCCN/C(=N\CC(=O)O)NCCO. The van der Waals surface area contributed by atoms with E-state index in [1.54, 1.807) is 0 Å². The van der Waals surface area contributed by atoms with Gasteiger partial charge in [-0.05, 0) is 0 Å². The molecule has 0 fully saturated rings. The van der Waals surface area contributed by atoms with Crippen molar-refractivity contribution in [1.29, 1.82) is 0 Å². The Morgan fingerprint density at radius 2 is 2.00 bits per heavy atom. The number of carboxylic acid groups (broad SMARTS) is 1. The molecule has 0 aliphatic rings. The van der Waals surface area contributed by atoms with Gasteiger partial charge in [0.15, 0.2) is 5.96 Å². The quantitative estimate of drug-likeness (QED) is 0.242. The van der Waals surface area contributed by atoms with Gasteiger partial charge in [-0.3, -0.25) is 4.79 Å². The third kappa shape index (κ3) is 7.32. The topological polar surface area (TPSA) is 120 Å². The molecule has 0 saturated carbocycles. The number of carboxylic acids is 1. The third-order valence-electron chi connectivity index (χ3n) is 1.21. The molecule has 7 heteroatoms. The van der Waals surface area contributed by atoms with Crippen LogP contribution in [0.4, 0.5) is 0 Å². The molecule has 82 valence electrons. The first kappa shape index (κ1) is 12.7. The highest BCUT2D eigenvalue weighted by molar-refractivity contribution is 5.82. The largest absolute Gasteiger partial charge is 0.480 e. The predicted octanol–water partition coefficient (Wildman–Crippen LogP) is -2.44. The molecule has 0 amide bonds. The van der Waals surface area contributed by atoms with Crippen molar-refractivity contribution >= 4 is 11.9 Å². The minimum atomic E-state index is -1.01. The predicted molar refractivity (Wildman–Crippen MR) is 52.1 cm³/mol. The van der Waals surface area contributed by atoms with Gasteiger partial charge in [0.1, 0.15) is 6.54 Å². The van der Waals surface area contributed by atoms with Crippen molar-refractivity contribution in [2.75, 3.05) is 32.8 Å². The summed E-state index contributed by atoms with van der Waals surface area (Å²) in [4.78, 5) is 13.9. The first-order valence-electron chi connectivity index (χ1n) is 4.25. The van der Waals surface area contributed by atoms with Crippen molar-refractivity contribution in [3.8, 4) is 0 Å². The summed E-state index contributed by atoms with van der Waals surface area (Å²) in [6.45, 7) is 0.877. The number of hydrogen-bond acceptors (Lipinski definition) is 4. The van der Waals surface area contributed by atoms with Gasteiger partial charge in [0.2, 0.25) is 0 Å². The van der Waals surface area contributed by atoms with E-state index in [0.29, 0.717) is 25.6 Å². The van der Waals surface area contributed by atoms with Crippen LogP contribution in [-0.2, 0) is 4.79 Å². The lowest BCUT2D eigenvalue weighted by Crippen LogP contribution is -2.41. The third-order valence-corrected chi connectivity index (χ3v) is 1.21. The van der Waals surface area contributed by atoms with E-state index >= 15 is 0 Å². The van der Waals surface area contributed by atoms with Gasteiger partial charge in [0, 0.05) is 19.6 Å². The van der Waals surface area contributed by atoms with Crippen LogP contribution in [0.3, 0.4) is 0 Å². The maximum Gasteiger partial charge on any atom is 0.325 e. The maximum absolute atomic E-state index is 10.2. The molecular formula is C7H16N4O3. The molecule has 0 aromatic carbocycles. The number of guanidine groups is 1. The Labute approximate surface area is 82.0 Å². The van der Waals surface area contributed by atoms with Crippen LogP contribution in [0.5, 0.6) is 0 Å². The summed E-state index contributed by atoms with van der Waals surface area (Å²) < 4.78 is 0. The van der Waals surface area contributed by atoms with E-state index in [-0.39, 0.29) is 13.2 Å². The van der Waals surface area contributed by atoms with E-state index in [4.69, 9.17) is 15.9 Å². The van der Waals surface area contributed by atoms with E-state index in [1.165, 1.54) is 0 Å². The molecule has 14 heavy (non-hydrogen) atoms. The van der Waals surface area contributed by atoms with Gasteiger partial charge >= 0.3 is 5.97 Å². The van der Waals surface area contributed by atoms with Crippen LogP contribution in [-0.4, -0.2) is 54.9 Å². The van der Waals surface area contributed by atoms with Crippen LogP contribution in [0.15, 0.2) is 4.99 Å². The summed E-state index contributed by atoms with van der Waals surface area (Å²) in [5.41, 5.74) is 5.25. The zero-order valence-electron chi connectivity index (χ0n) is 7.86. The summed E-state index contributed by atoms with van der Waals surface area (Å²) in [5.74, 6) is -0.672. The zero-order valence-corrected chi connectivity index (χ0v) is 7.86. The van der Waals surface area contributed by atoms with Crippen LogP contribution in [0.1, 0.15) is 0 Å². The standard InChI is InChI=1S/C7H16N4O3/c8-1-2-9-7(10-3-4-12)11-5-6(13)14/h12H,1-5,8H2,(H,13,14)(H2,9,10,11). The minimum Gasteiger partial charge on any atom is -0.480 e. The molecule has 0 radical (unpaired) electrons. The molecule has 0 rings (SSSR count).